The van der Waals surface area contributed by atoms with E-state index in [0.717, 1.165) is 0 Å². The number of hydrogen-bond acceptors (Lipinski definition) is 6. The van der Waals surface area contributed by atoms with Gasteiger partial charge in [0.15, 0.2) is 0 Å². The van der Waals surface area contributed by atoms with Gasteiger partial charge in [-0.15, -0.1) is 10.2 Å². The Balaban J connectivity index is 2.34. The lowest BCUT2D eigenvalue weighted by atomic mass is 10.2. The maximum absolute atomic E-state index is 10.8. The molecule has 5 nitrogen and oxygen atoms in total. The molecule has 6 heteroatoms. The molecule has 0 saturated heterocycles. The van der Waals surface area contributed by atoms with Gasteiger partial charge < -0.3 is 9.15 Å². The van der Waals surface area contributed by atoms with Crippen LogP contribution in [-0.4, -0.2) is 29.0 Å². The van der Waals surface area contributed by atoms with E-state index in [9.17, 15) is 4.79 Å². The molecule has 0 unspecified atom stereocenters. The van der Waals surface area contributed by atoms with Crippen LogP contribution < -0.4 is 0 Å². The second-order valence-electron chi connectivity index (χ2n) is 3.24. The van der Waals surface area contributed by atoms with Gasteiger partial charge >= 0.3 is 5.97 Å². The highest BCUT2D eigenvalue weighted by Gasteiger charge is 2.10. The number of methoxy groups -OCH3 is 1. The van der Waals surface area contributed by atoms with E-state index in [1.54, 1.807) is 0 Å². The van der Waals surface area contributed by atoms with Crippen LogP contribution in [0.3, 0.4) is 0 Å². The Labute approximate surface area is 92.6 Å². The topological polar surface area (TPSA) is 65.2 Å². The van der Waals surface area contributed by atoms with Crippen molar-refractivity contribution in [1.82, 2.24) is 10.2 Å². The smallest absolute Gasteiger partial charge is 0.306 e. The molecule has 0 amide bonds. The van der Waals surface area contributed by atoms with E-state index in [-0.39, 0.29) is 11.9 Å². The molecule has 0 aliphatic heterocycles. The average molecular weight is 230 g/mol. The maximum Gasteiger partial charge on any atom is 0.306 e. The Morgan fingerprint density at radius 1 is 1.53 bits per heavy atom. The summed E-state index contributed by atoms with van der Waals surface area (Å²) in [6.07, 6.45) is 0.348. The van der Waals surface area contributed by atoms with E-state index in [0.29, 0.717) is 23.3 Å². The molecule has 0 N–H and O–H groups in total. The fourth-order valence-corrected chi connectivity index (χ4v) is 1.52. The molecule has 0 spiro atoms. The molecule has 0 bridgehead atoms. The Morgan fingerprint density at radius 2 is 2.27 bits per heavy atom. The quantitative estimate of drug-likeness (QED) is 0.568. The molecule has 1 heterocycles. The van der Waals surface area contributed by atoms with Gasteiger partial charge in [-0.05, 0) is 0 Å². The van der Waals surface area contributed by atoms with Gasteiger partial charge in [0.1, 0.15) is 0 Å². The van der Waals surface area contributed by atoms with Crippen LogP contribution in [0, 0.1) is 0 Å². The standard InChI is InChI=1S/C9H14N2O3S/c1-6(2)8-10-11-9(14-8)15-5-4-7(12)13-3/h6H,4-5H2,1-3H3. The van der Waals surface area contributed by atoms with Crippen LogP contribution in [0.15, 0.2) is 9.64 Å². The van der Waals surface area contributed by atoms with Crippen LogP contribution >= 0.6 is 11.8 Å². The lowest BCUT2D eigenvalue weighted by molar-refractivity contribution is -0.140. The first-order valence-corrected chi connectivity index (χ1v) is 5.65. The Bertz CT molecular complexity index is 325. The predicted octanol–water partition coefficient (Wildman–Crippen LogP) is 1.85. The Morgan fingerprint density at radius 3 is 2.80 bits per heavy atom. The average Bonchev–Trinajstić information content (AvgIpc) is 2.66. The first kappa shape index (κ1) is 12.0. The minimum absolute atomic E-state index is 0.229. The summed E-state index contributed by atoms with van der Waals surface area (Å²) in [5.41, 5.74) is 0. The fraction of sp³-hybridized carbons (Fsp3) is 0.667. The second-order valence-corrected chi connectivity index (χ2v) is 4.28. The lowest BCUT2D eigenvalue weighted by Gasteiger charge is -1.96. The third-order valence-corrected chi connectivity index (χ3v) is 2.50. The number of esters is 1. The van der Waals surface area contributed by atoms with E-state index < -0.39 is 0 Å². The van der Waals surface area contributed by atoms with Crippen molar-refractivity contribution in [3.8, 4) is 0 Å². The minimum Gasteiger partial charge on any atom is -0.469 e. The van der Waals surface area contributed by atoms with Gasteiger partial charge in [0.25, 0.3) is 5.22 Å². The van der Waals surface area contributed by atoms with E-state index in [2.05, 4.69) is 14.9 Å². The number of carbonyl (C=O) groups excluding carboxylic acids is 1. The van der Waals surface area contributed by atoms with Crippen molar-refractivity contribution in [3.63, 3.8) is 0 Å². The van der Waals surface area contributed by atoms with Gasteiger partial charge in [-0.3, -0.25) is 4.79 Å². The van der Waals surface area contributed by atoms with E-state index in [1.165, 1.54) is 18.9 Å². The zero-order valence-corrected chi connectivity index (χ0v) is 9.84. The molecular weight excluding hydrogens is 216 g/mol. The van der Waals surface area contributed by atoms with Crippen molar-refractivity contribution in [1.29, 1.82) is 0 Å². The predicted molar refractivity (Wildman–Crippen MR) is 55.7 cm³/mol. The molecule has 0 aliphatic rings. The molecule has 84 valence electrons. The first-order chi connectivity index (χ1) is 7.13. The van der Waals surface area contributed by atoms with Crippen molar-refractivity contribution < 1.29 is 13.9 Å². The Hall–Kier alpha value is -1.04. The third-order valence-electron chi connectivity index (χ3n) is 1.68. The molecule has 0 aliphatic carbocycles. The number of thioether (sulfide) groups is 1. The molecule has 0 fully saturated rings. The molecule has 15 heavy (non-hydrogen) atoms. The number of nitrogens with zero attached hydrogens (tertiary/aromatic N) is 2. The lowest BCUT2D eigenvalue weighted by Crippen LogP contribution is -2.00. The molecule has 1 aromatic rings. The van der Waals surface area contributed by atoms with Crippen molar-refractivity contribution in [2.75, 3.05) is 12.9 Å². The summed E-state index contributed by atoms with van der Waals surface area (Å²) >= 11 is 1.36. The number of aromatic nitrogens is 2. The fourth-order valence-electron chi connectivity index (χ4n) is 0.836. The molecule has 0 aromatic carbocycles. The van der Waals surface area contributed by atoms with Crippen LogP contribution in [0.2, 0.25) is 0 Å². The molecule has 0 radical (unpaired) electrons. The SMILES string of the molecule is COC(=O)CCSc1nnc(C(C)C)o1. The third kappa shape index (κ3) is 3.91. The van der Waals surface area contributed by atoms with Gasteiger partial charge in [-0.2, -0.15) is 0 Å². The highest BCUT2D eigenvalue weighted by molar-refractivity contribution is 7.99. The molecule has 0 saturated carbocycles. The normalized spacial score (nSPS) is 10.7. The summed E-state index contributed by atoms with van der Waals surface area (Å²) in [5, 5.41) is 8.24. The van der Waals surface area contributed by atoms with Crippen LogP contribution in [0.5, 0.6) is 0 Å². The molecular formula is C9H14N2O3S. The highest BCUT2D eigenvalue weighted by atomic mass is 32.2. The molecule has 0 atom stereocenters. The monoisotopic (exact) mass is 230 g/mol. The summed E-state index contributed by atoms with van der Waals surface area (Å²) in [6.45, 7) is 3.97. The van der Waals surface area contributed by atoms with Crippen molar-refractivity contribution in [3.05, 3.63) is 5.89 Å². The summed E-state index contributed by atoms with van der Waals surface area (Å²) < 4.78 is 9.86. The van der Waals surface area contributed by atoms with Crippen LogP contribution in [0.25, 0.3) is 0 Å². The first-order valence-electron chi connectivity index (χ1n) is 4.66. The summed E-state index contributed by atoms with van der Waals surface area (Å²) in [6, 6.07) is 0. The maximum atomic E-state index is 10.8. The summed E-state index contributed by atoms with van der Waals surface area (Å²) in [7, 11) is 1.37. The molecule has 1 aromatic heterocycles. The van der Waals surface area contributed by atoms with Gasteiger partial charge in [0, 0.05) is 11.7 Å². The summed E-state index contributed by atoms with van der Waals surface area (Å²) in [5.74, 6) is 1.21. The van der Waals surface area contributed by atoms with E-state index in [4.69, 9.17) is 4.42 Å². The van der Waals surface area contributed by atoms with Crippen LogP contribution in [0.1, 0.15) is 32.1 Å². The van der Waals surface area contributed by atoms with Crippen molar-refractivity contribution >= 4 is 17.7 Å². The van der Waals surface area contributed by atoms with E-state index >= 15 is 0 Å². The largest absolute Gasteiger partial charge is 0.469 e. The van der Waals surface area contributed by atoms with Gasteiger partial charge in [0.2, 0.25) is 5.89 Å². The zero-order valence-electron chi connectivity index (χ0n) is 9.02. The van der Waals surface area contributed by atoms with E-state index in [1.807, 2.05) is 13.8 Å². The Kier molecular flexibility index (Phi) is 4.61. The van der Waals surface area contributed by atoms with Crippen molar-refractivity contribution in [2.45, 2.75) is 31.4 Å². The van der Waals surface area contributed by atoms with Gasteiger partial charge in [-0.1, -0.05) is 25.6 Å². The second kappa shape index (κ2) is 5.75. The van der Waals surface area contributed by atoms with Gasteiger partial charge in [0.05, 0.1) is 13.5 Å². The minimum atomic E-state index is -0.230. The summed E-state index contributed by atoms with van der Waals surface area (Å²) in [4.78, 5) is 10.8. The van der Waals surface area contributed by atoms with Crippen LogP contribution in [-0.2, 0) is 9.53 Å². The number of rotatable bonds is 5. The molecule has 1 rings (SSSR count). The number of hydrogen-bond donors (Lipinski definition) is 0. The highest BCUT2D eigenvalue weighted by Crippen LogP contribution is 2.20. The van der Waals surface area contributed by atoms with Crippen molar-refractivity contribution in [2.24, 2.45) is 0 Å². The number of ether oxygens (including phenoxy) is 1. The van der Waals surface area contributed by atoms with Gasteiger partial charge in [-0.25, -0.2) is 0 Å². The number of carbonyl (C=O) groups is 1. The zero-order chi connectivity index (χ0) is 11.3. The van der Waals surface area contributed by atoms with Crippen LogP contribution in [0.4, 0.5) is 0 Å².